The highest BCUT2D eigenvalue weighted by molar-refractivity contribution is 7.89. The molecule has 1 fully saturated rings. The molecule has 4 N–H and O–H groups in total. The highest BCUT2D eigenvalue weighted by atomic mass is 32.2. The number of nitrogens with one attached hydrogen (secondary N) is 2. The highest BCUT2D eigenvalue weighted by Crippen LogP contribution is 2.33. The summed E-state index contributed by atoms with van der Waals surface area (Å²) in [5.74, 6) is -0.268. The molecule has 1 amide bonds. The number of carbonyl (C=O) groups excluding carboxylic acids is 1. The van der Waals surface area contributed by atoms with Crippen molar-refractivity contribution in [1.82, 2.24) is 4.72 Å². The van der Waals surface area contributed by atoms with Crippen molar-refractivity contribution in [3.63, 3.8) is 0 Å². The standard InChI is InChI=1S/C14H21N3O3S/c1-2-3-9-16-21(19,20)12-6-4-5-11(10-12)17-13(18)14(15)7-8-14/h4-6,10,16H,2-3,7-9,15H2,1H3,(H,17,18). The van der Waals surface area contributed by atoms with Gasteiger partial charge in [-0.1, -0.05) is 19.4 Å². The van der Waals surface area contributed by atoms with E-state index in [1.54, 1.807) is 12.1 Å². The normalized spacial score (nSPS) is 16.5. The summed E-state index contributed by atoms with van der Waals surface area (Å²) >= 11 is 0. The van der Waals surface area contributed by atoms with Crippen LogP contribution in [0.5, 0.6) is 0 Å². The Bertz CT molecular complexity index is 624. The zero-order chi connectivity index (χ0) is 15.5. The molecule has 6 nitrogen and oxygen atoms in total. The Morgan fingerprint density at radius 2 is 2.10 bits per heavy atom. The van der Waals surface area contributed by atoms with Crippen LogP contribution in [0.3, 0.4) is 0 Å². The molecule has 116 valence electrons. The average Bonchev–Trinajstić information content (AvgIpc) is 3.19. The van der Waals surface area contributed by atoms with E-state index in [4.69, 9.17) is 5.73 Å². The number of benzene rings is 1. The van der Waals surface area contributed by atoms with Crippen LogP contribution >= 0.6 is 0 Å². The Morgan fingerprint density at radius 3 is 2.71 bits per heavy atom. The topological polar surface area (TPSA) is 101 Å². The number of hydrogen-bond donors (Lipinski definition) is 3. The molecule has 0 spiro atoms. The zero-order valence-corrected chi connectivity index (χ0v) is 12.9. The van der Waals surface area contributed by atoms with Crippen LogP contribution in [0, 0.1) is 0 Å². The predicted octanol–water partition coefficient (Wildman–Crippen LogP) is 1.19. The molecular formula is C14H21N3O3S. The summed E-state index contributed by atoms with van der Waals surface area (Å²) in [5.41, 5.74) is 5.46. The van der Waals surface area contributed by atoms with Crippen molar-refractivity contribution in [2.24, 2.45) is 5.73 Å². The van der Waals surface area contributed by atoms with E-state index in [9.17, 15) is 13.2 Å². The maximum absolute atomic E-state index is 12.1. The molecule has 0 atom stereocenters. The van der Waals surface area contributed by atoms with Crippen molar-refractivity contribution >= 4 is 21.6 Å². The van der Waals surface area contributed by atoms with Gasteiger partial charge in [0.15, 0.2) is 0 Å². The van der Waals surface area contributed by atoms with Crippen molar-refractivity contribution in [2.45, 2.75) is 43.0 Å². The minimum atomic E-state index is -3.54. The summed E-state index contributed by atoms with van der Waals surface area (Å²) < 4.78 is 26.7. The number of unbranched alkanes of at least 4 members (excludes halogenated alkanes) is 1. The molecule has 0 saturated heterocycles. The number of sulfonamides is 1. The first-order valence-electron chi connectivity index (χ1n) is 7.07. The van der Waals surface area contributed by atoms with Gasteiger partial charge in [0.05, 0.1) is 10.4 Å². The summed E-state index contributed by atoms with van der Waals surface area (Å²) in [7, 11) is -3.54. The van der Waals surface area contributed by atoms with Crippen LogP contribution in [0.4, 0.5) is 5.69 Å². The Labute approximate surface area is 125 Å². The Kier molecular flexibility index (Phi) is 4.65. The number of hydrogen-bond acceptors (Lipinski definition) is 4. The maximum Gasteiger partial charge on any atom is 0.244 e. The quantitative estimate of drug-likeness (QED) is 0.658. The van der Waals surface area contributed by atoms with Crippen molar-refractivity contribution in [3.05, 3.63) is 24.3 Å². The second-order valence-corrected chi connectivity index (χ2v) is 7.16. The highest BCUT2D eigenvalue weighted by Gasteiger charge is 2.45. The van der Waals surface area contributed by atoms with Gasteiger partial charge in [-0.2, -0.15) is 0 Å². The maximum atomic E-state index is 12.1. The molecular weight excluding hydrogens is 290 g/mol. The van der Waals surface area contributed by atoms with Crippen molar-refractivity contribution in [1.29, 1.82) is 0 Å². The fourth-order valence-electron chi connectivity index (χ4n) is 1.82. The SMILES string of the molecule is CCCCNS(=O)(=O)c1cccc(NC(=O)C2(N)CC2)c1. The lowest BCUT2D eigenvalue weighted by Crippen LogP contribution is -2.37. The smallest absolute Gasteiger partial charge is 0.244 e. The lowest BCUT2D eigenvalue weighted by molar-refractivity contribution is -0.118. The van der Waals surface area contributed by atoms with Crippen LogP contribution in [0.2, 0.25) is 0 Å². The fraction of sp³-hybridized carbons (Fsp3) is 0.500. The van der Waals surface area contributed by atoms with Crippen LogP contribution in [-0.2, 0) is 14.8 Å². The lowest BCUT2D eigenvalue weighted by atomic mass is 10.2. The number of rotatable bonds is 7. The van der Waals surface area contributed by atoms with Gasteiger partial charge in [0, 0.05) is 12.2 Å². The third kappa shape index (κ3) is 4.03. The van der Waals surface area contributed by atoms with Crippen molar-refractivity contribution in [3.8, 4) is 0 Å². The summed E-state index contributed by atoms with van der Waals surface area (Å²) in [6, 6.07) is 6.19. The summed E-state index contributed by atoms with van der Waals surface area (Å²) in [4.78, 5) is 12.0. The third-order valence-corrected chi connectivity index (χ3v) is 4.92. The van der Waals surface area contributed by atoms with E-state index in [2.05, 4.69) is 10.0 Å². The van der Waals surface area contributed by atoms with Gasteiger partial charge in [-0.05, 0) is 37.5 Å². The number of carbonyl (C=O) groups is 1. The Morgan fingerprint density at radius 1 is 1.38 bits per heavy atom. The molecule has 2 rings (SSSR count). The molecule has 0 aliphatic heterocycles. The predicted molar refractivity (Wildman–Crippen MR) is 81.3 cm³/mol. The molecule has 1 aliphatic carbocycles. The van der Waals surface area contributed by atoms with E-state index >= 15 is 0 Å². The molecule has 21 heavy (non-hydrogen) atoms. The Hall–Kier alpha value is -1.44. The largest absolute Gasteiger partial charge is 0.324 e. The van der Waals surface area contributed by atoms with Gasteiger partial charge in [0.25, 0.3) is 0 Å². The van der Waals surface area contributed by atoms with Crippen LogP contribution in [0.25, 0.3) is 0 Å². The van der Waals surface area contributed by atoms with Gasteiger partial charge >= 0.3 is 0 Å². The van der Waals surface area contributed by atoms with Crippen molar-refractivity contribution < 1.29 is 13.2 Å². The molecule has 1 saturated carbocycles. The van der Waals surface area contributed by atoms with Crippen LogP contribution < -0.4 is 15.8 Å². The molecule has 1 aromatic rings. The second-order valence-electron chi connectivity index (χ2n) is 5.39. The van der Waals surface area contributed by atoms with Gasteiger partial charge in [0.1, 0.15) is 0 Å². The van der Waals surface area contributed by atoms with Gasteiger partial charge in [-0.3, -0.25) is 4.79 Å². The first kappa shape index (κ1) is 15.9. The number of amides is 1. The van der Waals surface area contributed by atoms with E-state index in [0.29, 0.717) is 25.1 Å². The summed E-state index contributed by atoms with van der Waals surface area (Å²) in [6.45, 7) is 2.40. The van der Waals surface area contributed by atoms with Gasteiger partial charge in [-0.15, -0.1) is 0 Å². The first-order valence-corrected chi connectivity index (χ1v) is 8.56. The van der Waals surface area contributed by atoms with Gasteiger partial charge < -0.3 is 11.1 Å². The van der Waals surface area contributed by atoms with Gasteiger partial charge in [-0.25, -0.2) is 13.1 Å². The van der Waals surface area contributed by atoms with E-state index in [1.807, 2.05) is 6.92 Å². The van der Waals surface area contributed by atoms with E-state index in [-0.39, 0.29) is 10.8 Å². The van der Waals surface area contributed by atoms with Crippen LogP contribution in [0.15, 0.2) is 29.2 Å². The van der Waals surface area contributed by atoms with E-state index in [1.165, 1.54) is 12.1 Å². The van der Waals surface area contributed by atoms with Crippen LogP contribution in [-0.4, -0.2) is 26.4 Å². The number of anilines is 1. The average molecular weight is 311 g/mol. The fourth-order valence-corrected chi connectivity index (χ4v) is 2.94. The molecule has 7 heteroatoms. The summed E-state index contributed by atoms with van der Waals surface area (Å²) in [6.07, 6.45) is 3.02. The third-order valence-electron chi connectivity index (χ3n) is 3.47. The molecule has 1 aliphatic rings. The second kappa shape index (κ2) is 6.13. The number of nitrogens with two attached hydrogens (primary N) is 1. The minimum Gasteiger partial charge on any atom is -0.324 e. The Balaban J connectivity index is 2.08. The molecule has 0 heterocycles. The molecule has 0 unspecified atom stereocenters. The molecule has 1 aromatic carbocycles. The lowest BCUT2D eigenvalue weighted by Gasteiger charge is -2.11. The zero-order valence-electron chi connectivity index (χ0n) is 12.1. The monoisotopic (exact) mass is 311 g/mol. The minimum absolute atomic E-state index is 0.137. The molecule has 0 bridgehead atoms. The van der Waals surface area contributed by atoms with Gasteiger partial charge in [0.2, 0.25) is 15.9 Å². The van der Waals surface area contributed by atoms with Crippen molar-refractivity contribution in [2.75, 3.05) is 11.9 Å². The summed E-state index contributed by atoms with van der Waals surface area (Å²) in [5, 5.41) is 2.67. The van der Waals surface area contributed by atoms with E-state index in [0.717, 1.165) is 12.8 Å². The molecule has 0 radical (unpaired) electrons. The molecule has 0 aromatic heterocycles. The first-order chi connectivity index (χ1) is 9.87. The van der Waals surface area contributed by atoms with Crippen LogP contribution in [0.1, 0.15) is 32.6 Å². The van der Waals surface area contributed by atoms with E-state index < -0.39 is 15.6 Å².